The van der Waals surface area contributed by atoms with Gasteiger partial charge in [0.15, 0.2) is 0 Å². The highest BCUT2D eigenvalue weighted by Gasteiger charge is 2.38. The lowest BCUT2D eigenvalue weighted by atomic mass is 9.71. The Morgan fingerprint density at radius 3 is 2.52 bits per heavy atom. The Bertz CT molecular complexity index is 796. The maximum absolute atomic E-state index is 13.5. The number of halogens is 3. The zero-order valence-corrected chi connectivity index (χ0v) is 14.1. The first-order valence-corrected chi connectivity index (χ1v) is 8.20. The van der Waals surface area contributed by atoms with Crippen molar-refractivity contribution in [1.82, 2.24) is 0 Å². The molecule has 0 N–H and O–H groups in total. The van der Waals surface area contributed by atoms with Crippen molar-refractivity contribution in [2.24, 2.45) is 5.92 Å². The van der Waals surface area contributed by atoms with E-state index in [-0.39, 0.29) is 11.5 Å². The number of ether oxygens (including phenoxy) is 1. The first-order chi connectivity index (χ1) is 11.8. The minimum atomic E-state index is -4.41. The molecule has 132 valence electrons. The first-order valence-electron chi connectivity index (χ1n) is 8.20. The predicted molar refractivity (Wildman–Crippen MR) is 88.6 cm³/mol. The van der Waals surface area contributed by atoms with Crippen LogP contribution in [0.1, 0.15) is 51.9 Å². The van der Waals surface area contributed by atoms with Crippen LogP contribution in [0.25, 0.3) is 0 Å². The number of rotatable bonds is 2. The number of benzene rings is 2. The molecule has 0 radical (unpaired) electrons. The maximum atomic E-state index is 13.5. The molecule has 0 fully saturated rings. The van der Waals surface area contributed by atoms with Gasteiger partial charge in [0.05, 0.1) is 18.2 Å². The third-order valence-electron chi connectivity index (χ3n) is 4.94. The maximum Gasteiger partial charge on any atom is 0.416 e. The Morgan fingerprint density at radius 1 is 1.12 bits per heavy atom. The SMILES string of the molecule is COC(=O)c1ccc2c(c1)C(c1ccccc1C(F)(F)F)C(C)CC2. The lowest BCUT2D eigenvalue weighted by Gasteiger charge is -2.33. The Kier molecular flexibility index (Phi) is 4.58. The summed E-state index contributed by atoms with van der Waals surface area (Å²) in [4.78, 5) is 11.8. The summed E-state index contributed by atoms with van der Waals surface area (Å²) in [6.07, 6.45) is -2.81. The monoisotopic (exact) mass is 348 g/mol. The van der Waals surface area contributed by atoms with Gasteiger partial charge in [0.1, 0.15) is 0 Å². The number of methoxy groups -OCH3 is 1. The summed E-state index contributed by atoms with van der Waals surface area (Å²) in [5.41, 5.74) is 1.81. The van der Waals surface area contributed by atoms with Gasteiger partial charge in [0.25, 0.3) is 0 Å². The summed E-state index contributed by atoms with van der Waals surface area (Å²) >= 11 is 0. The Morgan fingerprint density at radius 2 is 1.84 bits per heavy atom. The second-order valence-corrected chi connectivity index (χ2v) is 6.48. The highest BCUT2D eigenvalue weighted by molar-refractivity contribution is 5.89. The van der Waals surface area contributed by atoms with Crippen LogP contribution in [0.3, 0.4) is 0 Å². The van der Waals surface area contributed by atoms with E-state index in [1.807, 2.05) is 13.0 Å². The quantitative estimate of drug-likeness (QED) is 0.697. The Balaban J connectivity index is 2.17. The number of alkyl halides is 3. The average Bonchev–Trinajstić information content (AvgIpc) is 2.59. The molecule has 0 saturated heterocycles. The highest BCUT2D eigenvalue weighted by atomic mass is 19.4. The normalized spacial score (nSPS) is 20.0. The molecule has 0 aromatic heterocycles. The fraction of sp³-hybridized carbons (Fsp3) is 0.350. The van der Waals surface area contributed by atoms with Gasteiger partial charge in [-0.05, 0) is 53.6 Å². The fourth-order valence-corrected chi connectivity index (χ4v) is 3.71. The molecule has 2 aromatic rings. The summed E-state index contributed by atoms with van der Waals surface area (Å²) < 4.78 is 45.2. The van der Waals surface area contributed by atoms with Crippen molar-refractivity contribution >= 4 is 5.97 Å². The minimum absolute atomic E-state index is 0.0453. The summed E-state index contributed by atoms with van der Waals surface area (Å²) in [6, 6.07) is 10.9. The van der Waals surface area contributed by atoms with Crippen molar-refractivity contribution in [2.45, 2.75) is 31.9 Å². The van der Waals surface area contributed by atoms with Crippen LogP contribution in [0.2, 0.25) is 0 Å². The van der Waals surface area contributed by atoms with E-state index in [1.165, 1.54) is 13.2 Å². The molecule has 3 rings (SSSR count). The van der Waals surface area contributed by atoms with Gasteiger partial charge in [-0.25, -0.2) is 4.79 Å². The number of hydrogen-bond donors (Lipinski definition) is 0. The van der Waals surface area contributed by atoms with Crippen molar-refractivity contribution in [1.29, 1.82) is 0 Å². The van der Waals surface area contributed by atoms with E-state index in [9.17, 15) is 18.0 Å². The first kappa shape index (κ1) is 17.5. The van der Waals surface area contributed by atoms with E-state index in [2.05, 4.69) is 0 Å². The summed E-state index contributed by atoms with van der Waals surface area (Å²) in [7, 11) is 1.29. The summed E-state index contributed by atoms with van der Waals surface area (Å²) in [6.45, 7) is 1.96. The number of hydrogen-bond acceptors (Lipinski definition) is 2. The largest absolute Gasteiger partial charge is 0.465 e. The van der Waals surface area contributed by atoms with Crippen LogP contribution < -0.4 is 0 Å². The molecular weight excluding hydrogens is 329 g/mol. The number of aryl methyl sites for hydroxylation is 1. The second-order valence-electron chi connectivity index (χ2n) is 6.48. The van der Waals surface area contributed by atoms with Gasteiger partial charge in [-0.1, -0.05) is 31.2 Å². The van der Waals surface area contributed by atoms with Crippen LogP contribution in [0.4, 0.5) is 13.2 Å². The molecule has 5 heteroatoms. The molecule has 2 nitrogen and oxygen atoms in total. The number of carbonyl (C=O) groups is 1. The zero-order chi connectivity index (χ0) is 18.2. The van der Waals surface area contributed by atoms with Gasteiger partial charge in [-0.3, -0.25) is 0 Å². The van der Waals surface area contributed by atoms with Crippen molar-refractivity contribution in [3.63, 3.8) is 0 Å². The molecule has 1 aliphatic carbocycles. The third kappa shape index (κ3) is 3.28. The van der Waals surface area contributed by atoms with E-state index in [0.717, 1.165) is 30.0 Å². The van der Waals surface area contributed by atoms with Crippen LogP contribution in [0, 0.1) is 5.92 Å². The number of carbonyl (C=O) groups excluding carboxylic acids is 1. The average molecular weight is 348 g/mol. The molecule has 0 amide bonds. The molecule has 1 aliphatic rings. The number of fused-ring (bicyclic) bond motifs is 1. The van der Waals surface area contributed by atoms with E-state index in [0.29, 0.717) is 5.56 Å². The molecule has 2 aromatic carbocycles. The smallest absolute Gasteiger partial charge is 0.416 e. The lowest BCUT2D eigenvalue weighted by molar-refractivity contribution is -0.138. The van der Waals surface area contributed by atoms with Crippen molar-refractivity contribution in [3.05, 3.63) is 70.3 Å². The Hall–Kier alpha value is -2.30. The molecule has 0 spiro atoms. The predicted octanol–water partition coefficient (Wildman–Crippen LogP) is 5.21. The van der Waals surface area contributed by atoms with Crippen LogP contribution >= 0.6 is 0 Å². The molecule has 0 bridgehead atoms. The van der Waals surface area contributed by atoms with Gasteiger partial charge in [-0.15, -0.1) is 0 Å². The molecule has 2 atom stereocenters. The van der Waals surface area contributed by atoms with E-state index in [4.69, 9.17) is 4.74 Å². The topological polar surface area (TPSA) is 26.3 Å². The molecule has 25 heavy (non-hydrogen) atoms. The van der Waals surface area contributed by atoms with E-state index in [1.54, 1.807) is 24.3 Å². The van der Waals surface area contributed by atoms with Gasteiger partial charge >= 0.3 is 12.1 Å². The lowest BCUT2D eigenvalue weighted by Crippen LogP contribution is -2.23. The molecule has 0 saturated carbocycles. The zero-order valence-electron chi connectivity index (χ0n) is 14.1. The van der Waals surface area contributed by atoms with Crippen LogP contribution in [-0.4, -0.2) is 13.1 Å². The third-order valence-corrected chi connectivity index (χ3v) is 4.94. The van der Waals surface area contributed by atoms with Gasteiger partial charge < -0.3 is 4.74 Å². The second kappa shape index (κ2) is 6.54. The van der Waals surface area contributed by atoms with Crippen LogP contribution in [0.5, 0.6) is 0 Å². The minimum Gasteiger partial charge on any atom is -0.465 e. The molecular formula is C20H19F3O2. The van der Waals surface area contributed by atoms with Gasteiger partial charge in [-0.2, -0.15) is 13.2 Å². The van der Waals surface area contributed by atoms with Crippen LogP contribution in [0.15, 0.2) is 42.5 Å². The van der Waals surface area contributed by atoms with E-state index < -0.39 is 23.6 Å². The standard InChI is InChI=1S/C20H19F3O2/c1-12-7-8-13-9-10-14(19(24)25-2)11-16(13)18(12)15-5-3-4-6-17(15)20(21,22)23/h3-6,9-12,18H,7-8H2,1-2H3. The summed E-state index contributed by atoms with van der Waals surface area (Å²) in [5, 5.41) is 0. The van der Waals surface area contributed by atoms with Gasteiger partial charge in [0.2, 0.25) is 0 Å². The molecule has 2 unspecified atom stereocenters. The molecule has 0 heterocycles. The van der Waals surface area contributed by atoms with Gasteiger partial charge in [0, 0.05) is 5.92 Å². The summed E-state index contributed by atoms with van der Waals surface area (Å²) in [5.74, 6) is -0.834. The Labute approximate surface area is 144 Å². The van der Waals surface area contributed by atoms with Crippen LogP contribution in [-0.2, 0) is 17.3 Å². The fourth-order valence-electron chi connectivity index (χ4n) is 3.71. The highest BCUT2D eigenvalue weighted by Crippen LogP contribution is 2.45. The van der Waals surface area contributed by atoms with Crippen molar-refractivity contribution in [2.75, 3.05) is 7.11 Å². The van der Waals surface area contributed by atoms with E-state index >= 15 is 0 Å². The molecule has 0 aliphatic heterocycles. The van der Waals surface area contributed by atoms with Crippen molar-refractivity contribution in [3.8, 4) is 0 Å². The number of esters is 1. The van der Waals surface area contributed by atoms with Crippen molar-refractivity contribution < 1.29 is 22.7 Å².